The Balaban J connectivity index is 2.99. The fourth-order valence-corrected chi connectivity index (χ4v) is 1.58. The molecule has 0 bridgehead atoms. The first-order valence-electron chi connectivity index (χ1n) is 6.80. The molecule has 0 radical (unpaired) electrons. The lowest BCUT2D eigenvalue weighted by atomic mass is 9.98. The lowest BCUT2D eigenvalue weighted by Gasteiger charge is -2.20. The Morgan fingerprint density at radius 1 is 1.21 bits per heavy atom. The molecule has 0 aliphatic carbocycles. The van der Waals surface area contributed by atoms with Gasteiger partial charge in [0, 0.05) is 0 Å². The van der Waals surface area contributed by atoms with Gasteiger partial charge < -0.3 is 9.47 Å². The standard InChI is InChI=1S/C16H24O3/c1-6-12-8-9-13(15(17)18-7-2)14(10-12)19-11-16(3,4)5/h8-10H,6-7,11H2,1-5H3. The third kappa shape index (κ3) is 4.93. The molecule has 1 aromatic carbocycles. The Morgan fingerprint density at radius 3 is 2.42 bits per heavy atom. The molecule has 0 heterocycles. The van der Waals surface area contributed by atoms with Gasteiger partial charge in [-0.3, -0.25) is 0 Å². The highest BCUT2D eigenvalue weighted by molar-refractivity contribution is 5.92. The zero-order chi connectivity index (χ0) is 14.5. The molecule has 0 aromatic heterocycles. The molecule has 3 nitrogen and oxygen atoms in total. The van der Waals surface area contributed by atoms with Crippen molar-refractivity contribution in [1.82, 2.24) is 0 Å². The number of rotatable bonds is 5. The predicted octanol–water partition coefficient (Wildman–Crippen LogP) is 3.85. The van der Waals surface area contributed by atoms with E-state index < -0.39 is 0 Å². The minimum Gasteiger partial charge on any atom is -0.492 e. The number of ether oxygens (including phenoxy) is 2. The van der Waals surface area contributed by atoms with Crippen LogP contribution in [0.15, 0.2) is 18.2 Å². The smallest absolute Gasteiger partial charge is 0.341 e. The topological polar surface area (TPSA) is 35.5 Å². The van der Waals surface area contributed by atoms with E-state index in [1.54, 1.807) is 13.0 Å². The van der Waals surface area contributed by atoms with Crippen LogP contribution in [0, 0.1) is 5.41 Å². The molecule has 0 saturated heterocycles. The van der Waals surface area contributed by atoms with Crippen LogP contribution in [0.3, 0.4) is 0 Å². The summed E-state index contributed by atoms with van der Waals surface area (Å²) in [7, 11) is 0. The zero-order valence-electron chi connectivity index (χ0n) is 12.6. The van der Waals surface area contributed by atoms with Crippen molar-refractivity contribution in [3.63, 3.8) is 0 Å². The average molecular weight is 264 g/mol. The minimum atomic E-state index is -0.325. The Bertz CT molecular complexity index is 430. The van der Waals surface area contributed by atoms with Gasteiger partial charge in [-0.2, -0.15) is 0 Å². The maximum absolute atomic E-state index is 11.9. The van der Waals surface area contributed by atoms with Gasteiger partial charge in [-0.05, 0) is 36.5 Å². The van der Waals surface area contributed by atoms with Gasteiger partial charge in [-0.15, -0.1) is 0 Å². The third-order valence-electron chi connectivity index (χ3n) is 2.61. The van der Waals surface area contributed by atoms with Gasteiger partial charge in [0.15, 0.2) is 0 Å². The SMILES string of the molecule is CCOC(=O)c1ccc(CC)cc1OCC(C)(C)C. The van der Waals surface area contributed by atoms with Gasteiger partial charge in [-0.1, -0.05) is 33.8 Å². The van der Waals surface area contributed by atoms with Crippen LogP contribution in [-0.4, -0.2) is 19.2 Å². The second kappa shape index (κ2) is 6.60. The molecule has 19 heavy (non-hydrogen) atoms. The molecule has 0 saturated carbocycles. The summed E-state index contributed by atoms with van der Waals surface area (Å²) in [6, 6.07) is 5.66. The van der Waals surface area contributed by atoms with Gasteiger partial charge in [0.05, 0.1) is 13.2 Å². The van der Waals surface area contributed by atoms with Crippen LogP contribution in [-0.2, 0) is 11.2 Å². The van der Waals surface area contributed by atoms with Crippen LogP contribution >= 0.6 is 0 Å². The van der Waals surface area contributed by atoms with E-state index in [-0.39, 0.29) is 11.4 Å². The van der Waals surface area contributed by atoms with Crippen molar-refractivity contribution >= 4 is 5.97 Å². The Labute approximate surface area is 115 Å². The molecule has 0 N–H and O–H groups in total. The van der Waals surface area contributed by atoms with Crippen LogP contribution in [0.4, 0.5) is 0 Å². The van der Waals surface area contributed by atoms with Crippen LogP contribution in [0.1, 0.15) is 50.5 Å². The first-order valence-corrected chi connectivity index (χ1v) is 6.80. The number of esters is 1. The summed E-state index contributed by atoms with van der Waals surface area (Å²) in [6.07, 6.45) is 0.912. The number of carbonyl (C=O) groups excluding carboxylic acids is 1. The molecule has 0 aliphatic rings. The maximum atomic E-state index is 11.9. The molecule has 0 amide bonds. The number of hydrogen-bond donors (Lipinski definition) is 0. The number of benzene rings is 1. The highest BCUT2D eigenvalue weighted by Crippen LogP contribution is 2.24. The Hall–Kier alpha value is -1.51. The molecule has 0 unspecified atom stereocenters. The van der Waals surface area contributed by atoms with Crippen molar-refractivity contribution in [3.05, 3.63) is 29.3 Å². The van der Waals surface area contributed by atoms with Crippen molar-refractivity contribution in [2.45, 2.75) is 41.0 Å². The summed E-state index contributed by atoms with van der Waals surface area (Å²) < 4.78 is 10.9. The Morgan fingerprint density at radius 2 is 1.89 bits per heavy atom. The molecule has 1 rings (SSSR count). The molecule has 0 spiro atoms. The lowest BCUT2D eigenvalue weighted by molar-refractivity contribution is 0.0519. The van der Waals surface area contributed by atoms with Crippen molar-refractivity contribution in [3.8, 4) is 5.75 Å². The van der Waals surface area contributed by atoms with E-state index in [2.05, 4.69) is 27.7 Å². The third-order valence-corrected chi connectivity index (χ3v) is 2.61. The molecular weight excluding hydrogens is 240 g/mol. The fourth-order valence-electron chi connectivity index (χ4n) is 1.58. The zero-order valence-corrected chi connectivity index (χ0v) is 12.6. The number of carbonyl (C=O) groups is 1. The normalized spacial score (nSPS) is 11.2. The second-order valence-electron chi connectivity index (χ2n) is 5.75. The van der Waals surface area contributed by atoms with Crippen LogP contribution in [0.2, 0.25) is 0 Å². The van der Waals surface area contributed by atoms with Crippen LogP contribution < -0.4 is 4.74 Å². The van der Waals surface area contributed by atoms with E-state index in [4.69, 9.17) is 9.47 Å². The number of aryl methyl sites for hydroxylation is 1. The quantitative estimate of drug-likeness (QED) is 0.758. The molecule has 106 valence electrons. The highest BCUT2D eigenvalue weighted by Gasteiger charge is 2.17. The van der Waals surface area contributed by atoms with Gasteiger partial charge in [-0.25, -0.2) is 4.79 Å². The maximum Gasteiger partial charge on any atom is 0.341 e. The van der Waals surface area contributed by atoms with Crippen molar-refractivity contribution in [1.29, 1.82) is 0 Å². The predicted molar refractivity (Wildman–Crippen MR) is 76.7 cm³/mol. The van der Waals surface area contributed by atoms with Gasteiger partial charge in [0.1, 0.15) is 11.3 Å². The molecule has 3 heteroatoms. The van der Waals surface area contributed by atoms with Gasteiger partial charge in [0.2, 0.25) is 0 Å². The lowest BCUT2D eigenvalue weighted by Crippen LogP contribution is -2.18. The monoisotopic (exact) mass is 264 g/mol. The first-order chi connectivity index (χ1) is 8.87. The van der Waals surface area contributed by atoms with E-state index in [1.807, 2.05) is 12.1 Å². The summed E-state index contributed by atoms with van der Waals surface area (Å²) >= 11 is 0. The average Bonchev–Trinajstić information content (AvgIpc) is 2.35. The van der Waals surface area contributed by atoms with E-state index in [0.29, 0.717) is 24.5 Å². The van der Waals surface area contributed by atoms with E-state index in [9.17, 15) is 4.79 Å². The minimum absolute atomic E-state index is 0.0498. The van der Waals surface area contributed by atoms with Gasteiger partial charge >= 0.3 is 5.97 Å². The van der Waals surface area contributed by atoms with Crippen LogP contribution in [0.5, 0.6) is 5.75 Å². The molecular formula is C16H24O3. The summed E-state index contributed by atoms with van der Waals surface area (Å²) in [5.41, 5.74) is 1.70. The van der Waals surface area contributed by atoms with Gasteiger partial charge in [0.25, 0.3) is 0 Å². The summed E-state index contributed by atoms with van der Waals surface area (Å²) in [6.45, 7) is 11.1. The number of hydrogen-bond acceptors (Lipinski definition) is 3. The van der Waals surface area contributed by atoms with E-state index in [1.165, 1.54) is 0 Å². The van der Waals surface area contributed by atoms with Crippen molar-refractivity contribution in [2.75, 3.05) is 13.2 Å². The molecule has 1 aromatic rings. The largest absolute Gasteiger partial charge is 0.492 e. The summed E-state index contributed by atoms with van der Waals surface area (Å²) in [5.74, 6) is 0.293. The summed E-state index contributed by atoms with van der Waals surface area (Å²) in [4.78, 5) is 11.9. The van der Waals surface area contributed by atoms with E-state index in [0.717, 1.165) is 12.0 Å². The molecule has 0 fully saturated rings. The summed E-state index contributed by atoms with van der Waals surface area (Å²) in [5, 5.41) is 0. The molecule has 0 atom stereocenters. The van der Waals surface area contributed by atoms with Crippen molar-refractivity contribution < 1.29 is 14.3 Å². The van der Waals surface area contributed by atoms with E-state index >= 15 is 0 Å². The fraction of sp³-hybridized carbons (Fsp3) is 0.562. The second-order valence-corrected chi connectivity index (χ2v) is 5.75. The molecule has 0 aliphatic heterocycles. The Kier molecular flexibility index (Phi) is 5.40. The van der Waals surface area contributed by atoms with Crippen molar-refractivity contribution in [2.24, 2.45) is 5.41 Å². The first kappa shape index (κ1) is 15.5. The van der Waals surface area contributed by atoms with Crippen LogP contribution in [0.25, 0.3) is 0 Å². The highest BCUT2D eigenvalue weighted by atomic mass is 16.5.